The normalized spacial score (nSPS) is 10.2. The number of carbonyl (C=O) groups excluding carboxylic acids is 1. The minimum Gasteiger partial charge on any atom is -0.493 e. The lowest BCUT2D eigenvalue weighted by atomic mass is 10.1. The Labute approximate surface area is 178 Å². The van der Waals surface area contributed by atoms with Crippen LogP contribution in [0.4, 0.5) is 5.82 Å². The zero-order valence-electron chi connectivity index (χ0n) is 16.7. The third kappa shape index (κ3) is 4.50. The number of carbonyl (C=O) groups is 1. The van der Waals surface area contributed by atoms with Gasteiger partial charge in [0.15, 0.2) is 11.5 Å². The third-order valence-corrected chi connectivity index (χ3v) is 5.28. The van der Waals surface area contributed by atoms with Crippen LogP contribution in [0.3, 0.4) is 0 Å². The van der Waals surface area contributed by atoms with E-state index in [1.165, 1.54) is 45.2 Å². The lowest BCUT2D eigenvalue weighted by Gasteiger charge is -2.13. The van der Waals surface area contributed by atoms with Crippen molar-refractivity contribution < 1.29 is 19.0 Å². The molecular weight excluding hydrogens is 404 g/mol. The van der Waals surface area contributed by atoms with E-state index in [0.29, 0.717) is 28.0 Å². The first-order valence-corrected chi connectivity index (χ1v) is 9.86. The number of ether oxygens (including phenoxy) is 3. The molecule has 1 aromatic heterocycles. The van der Waals surface area contributed by atoms with Gasteiger partial charge in [-0.2, -0.15) is 10.4 Å². The second-order valence-electron chi connectivity index (χ2n) is 6.03. The van der Waals surface area contributed by atoms with Crippen molar-refractivity contribution in [3.05, 3.63) is 59.2 Å². The van der Waals surface area contributed by atoms with Crippen molar-refractivity contribution in [2.24, 2.45) is 0 Å². The molecule has 0 bridgehead atoms. The molecule has 0 spiro atoms. The number of nitrogens with one attached hydrogen (secondary N) is 2. The highest BCUT2D eigenvalue weighted by Gasteiger charge is 2.20. The number of aromatic nitrogens is 2. The van der Waals surface area contributed by atoms with Crippen molar-refractivity contribution in [2.75, 3.05) is 26.6 Å². The van der Waals surface area contributed by atoms with Crippen LogP contribution < -0.4 is 19.5 Å². The van der Waals surface area contributed by atoms with Crippen LogP contribution in [0.1, 0.15) is 21.5 Å². The fourth-order valence-corrected chi connectivity index (χ4v) is 3.65. The summed E-state index contributed by atoms with van der Waals surface area (Å²) in [4.78, 5) is 12.8. The summed E-state index contributed by atoms with van der Waals surface area (Å²) in [5.41, 5.74) is 1.66. The predicted octanol–water partition coefficient (Wildman–Crippen LogP) is 3.85. The molecule has 1 heterocycles. The number of thioether (sulfide) groups is 1. The minimum absolute atomic E-state index is 0.229. The lowest BCUT2D eigenvalue weighted by molar-refractivity contribution is 0.102. The van der Waals surface area contributed by atoms with E-state index in [1.807, 2.05) is 30.3 Å². The van der Waals surface area contributed by atoms with Gasteiger partial charge in [0.25, 0.3) is 5.91 Å². The highest BCUT2D eigenvalue weighted by atomic mass is 32.2. The second-order valence-corrected chi connectivity index (χ2v) is 7.00. The Balaban J connectivity index is 1.80. The minimum atomic E-state index is -0.450. The topological polar surface area (TPSA) is 109 Å². The van der Waals surface area contributed by atoms with Crippen molar-refractivity contribution in [1.82, 2.24) is 10.2 Å². The molecule has 0 unspecified atom stereocenters. The number of nitrogens with zero attached hydrogens (tertiary/aromatic N) is 2. The first kappa shape index (κ1) is 21.1. The SMILES string of the molecule is COc1cc(C(=O)Nc2[nH]nc(SCc3ccccc3)c2C#N)cc(OC)c1OC. The molecule has 0 aliphatic heterocycles. The van der Waals surface area contributed by atoms with Crippen LogP contribution in [0.15, 0.2) is 47.5 Å². The van der Waals surface area contributed by atoms with Crippen LogP contribution in [0.2, 0.25) is 0 Å². The van der Waals surface area contributed by atoms with E-state index in [1.54, 1.807) is 0 Å². The fourth-order valence-electron chi connectivity index (χ4n) is 2.75. The van der Waals surface area contributed by atoms with Gasteiger partial charge in [-0.15, -0.1) is 0 Å². The molecule has 1 amide bonds. The van der Waals surface area contributed by atoms with Crippen molar-refractivity contribution in [1.29, 1.82) is 5.26 Å². The summed E-state index contributed by atoms with van der Waals surface area (Å²) < 4.78 is 15.8. The molecule has 0 saturated heterocycles. The Hall–Kier alpha value is -3.64. The van der Waals surface area contributed by atoms with Crippen LogP contribution in [-0.4, -0.2) is 37.4 Å². The Morgan fingerprint density at radius 3 is 2.37 bits per heavy atom. The molecule has 0 saturated carbocycles. The van der Waals surface area contributed by atoms with Crippen molar-refractivity contribution in [3.8, 4) is 23.3 Å². The number of methoxy groups -OCH3 is 3. The number of hydrogen-bond donors (Lipinski definition) is 2. The highest BCUT2D eigenvalue weighted by molar-refractivity contribution is 7.98. The van der Waals surface area contributed by atoms with E-state index in [4.69, 9.17) is 14.2 Å². The summed E-state index contributed by atoms with van der Waals surface area (Å²) in [6, 6.07) is 15.0. The molecule has 0 atom stereocenters. The molecule has 30 heavy (non-hydrogen) atoms. The smallest absolute Gasteiger partial charge is 0.257 e. The molecule has 2 N–H and O–H groups in total. The summed E-state index contributed by atoms with van der Waals surface area (Å²) in [7, 11) is 4.42. The number of amides is 1. The molecule has 0 aliphatic rings. The second kappa shape index (κ2) is 9.71. The predicted molar refractivity (Wildman–Crippen MR) is 113 cm³/mol. The third-order valence-electron chi connectivity index (χ3n) is 4.23. The monoisotopic (exact) mass is 424 g/mol. The largest absolute Gasteiger partial charge is 0.493 e. The Morgan fingerprint density at radius 2 is 1.80 bits per heavy atom. The number of rotatable bonds is 8. The summed E-state index contributed by atoms with van der Waals surface area (Å²) in [5.74, 6) is 1.52. The maximum atomic E-state index is 12.8. The van der Waals surface area contributed by atoms with Gasteiger partial charge >= 0.3 is 0 Å². The number of aromatic amines is 1. The average Bonchev–Trinajstić information content (AvgIpc) is 3.18. The van der Waals surface area contributed by atoms with Crippen molar-refractivity contribution >= 4 is 23.5 Å². The van der Waals surface area contributed by atoms with Gasteiger partial charge in [0, 0.05) is 11.3 Å². The van der Waals surface area contributed by atoms with Gasteiger partial charge in [0.1, 0.15) is 22.5 Å². The van der Waals surface area contributed by atoms with E-state index in [9.17, 15) is 10.1 Å². The van der Waals surface area contributed by atoms with Crippen LogP contribution in [0.5, 0.6) is 17.2 Å². The van der Waals surface area contributed by atoms with E-state index in [-0.39, 0.29) is 16.9 Å². The average molecular weight is 424 g/mol. The summed E-state index contributed by atoms with van der Waals surface area (Å²) in [6.07, 6.45) is 0. The zero-order valence-corrected chi connectivity index (χ0v) is 17.5. The van der Waals surface area contributed by atoms with Gasteiger partial charge in [0.05, 0.1) is 21.3 Å². The van der Waals surface area contributed by atoms with Gasteiger partial charge in [0.2, 0.25) is 5.75 Å². The van der Waals surface area contributed by atoms with Gasteiger partial charge in [-0.3, -0.25) is 9.89 Å². The van der Waals surface area contributed by atoms with Gasteiger partial charge in [-0.25, -0.2) is 0 Å². The molecule has 0 fully saturated rings. The van der Waals surface area contributed by atoms with E-state index >= 15 is 0 Å². The maximum absolute atomic E-state index is 12.8. The lowest BCUT2D eigenvalue weighted by Crippen LogP contribution is -2.13. The molecule has 9 heteroatoms. The number of nitriles is 1. The molecule has 3 aromatic rings. The molecule has 3 rings (SSSR count). The molecule has 2 aromatic carbocycles. The highest BCUT2D eigenvalue weighted by Crippen LogP contribution is 2.38. The van der Waals surface area contributed by atoms with Gasteiger partial charge in [-0.1, -0.05) is 42.1 Å². The number of H-pyrrole nitrogens is 1. The maximum Gasteiger partial charge on any atom is 0.257 e. The molecule has 8 nitrogen and oxygen atoms in total. The summed E-state index contributed by atoms with van der Waals surface area (Å²) in [5, 5.41) is 19.7. The van der Waals surface area contributed by atoms with Crippen LogP contribution in [0.25, 0.3) is 0 Å². The number of hydrogen-bond acceptors (Lipinski definition) is 7. The summed E-state index contributed by atoms with van der Waals surface area (Å²) >= 11 is 1.41. The van der Waals surface area contributed by atoms with E-state index in [2.05, 4.69) is 21.6 Å². The van der Waals surface area contributed by atoms with Crippen molar-refractivity contribution in [3.63, 3.8) is 0 Å². The Morgan fingerprint density at radius 1 is 1.13 bits per heavy atom. The first-order valence-electron chi connectivity index (χ1n) is 8.87. The Kier molecular flexibility index (Phi) is 6.83. The Bertz CT molecular complexity index is 1050. The van der Waals surface area contributed by atoms with Crippen molar-refractivity contribution in [2.45, 2.75) is 10.8 Å². The molecule has 0 radical (unpaired) electrons. The van der Waals surface area contributed by atoms with Crippen LogP contribution >= 0.6 is 11.8 Å². The van der Waals surface area contributed by atoms with E-state index in [0.717, 1.165) is 5.56 Å². The number of anilines is 1. The summed E-state index contributed by atoms with van der Waals surface area (Å²) in [6.45, 7) is 0. The molecule has 154 valence electrons. The first-order chi connectivity index (χ1) is 14.6. The van der Waals surface area contributed by atoms with Gasteiger partial charge < -0.3 is 19.5 Å². The standard InChI is InChI=1S/C21H20N4O4S/c1-27-16-9-14(10-17(28-2)18(16)29-3)20(26)23-19-15(11-22)21(25-24-19)30-12-13-7-5-4-6-8-13/h4-10H,12H2,1-3H3,(H2,23,24,25,26). The quantitative estimate of drug-likeness (QED) is 0.529. The molecular formula is C21H20N4O4S. The molecule has 0 aliphatic carbocycles. The van der Waals surface area contributed by atoms with E-state index < -0.39 is 5.91 Å². The van der Waals surface area contributed by atoms with Crippen LogP contribution in [0, 0.1) is 11.3 Å². The zero-order chi connectivity index (χ0) is 21.5. The van der Waals surface area contributed by atoms with Gasteiger partial charge in [-0.05, 0) is 17.7 Å². The fraction of sp³-hybridized carbons (Fsp3) is 0.190. The van der Waals surface area contributed by atoms with Crippen LogP contribution in [-0.2, 0) is 5.75 Å². The number of benzene rings is 2.